The van der Waals surface area contributed by atoms with E-state index in [1.807, 2.05) is 0 Å². The maximum Gasteiger partial charge on any atom is 0.229 e. The molecular weight excluding hydrogens is 164 g/mol. The maximum atomic E-state index is 10.6. The Morgan fingerprint density at radius 1 is 1.45 bits per heavy atom. The molecule has 0 aliphatic carbocycles. The third kappa shape index (κ3) is 7.18. The molecule has 0 heterocycles. The molecule has 0 fully saturated rings. The molecule has 0 unspecified atom stereocenters. The van der Waals surface area contributed by atoms with E-state index in [4.69, 9.17) is 5.73 Å². The molecule has 0 aromatic carbocycles. The van der Waals surface area contributed by atoms with E-state index in [1.54, 1.807) is 0 Å². The molecule has 0 aromatic heterocycles. The summed E-state index contributed by atoms with van der Waals surface area (Å²) in [6.07, 6.45) is 0.904. The number of amides is 2. The van der Waals surface area contributed by atoms with Gasteiger partial charge in [-0.2, -0.15) is 12.6 Å². The largest absolute Gasteiger partial charge is 0.370 e. The summed E-state index contributed by atoms with van der Waals surface area (Å²) in [5, 5.41) is 2.56. The molecule has 3 N–H and O–H groups in total. The zero-order valence-electron chi connectivity index (χ0n) is 6.17. The van der Waals surface area contributed by atoms with Crippen molar-refractivity contribution in [2.45, 2.75) is 12.8 Å². The van der Waals surface area contributed by atoms with E-state index in [9.17, 15) is 9.59 Å². The molecule has 0 aliphatic heterocycles. The van der Waals surface area contributed by atoms with Crippen molar-refractivity contribution in [1.82, 2.24) is 5.32 Å². The van der Waals surface area contributed by atoms with Crippen LogP contribution in [-0.2, 0) is 9.59 Å². The van der Waals surface area contributed by atoms with E-state index in [1.165, 1.54) is 0 Å². The molecule has 0 atom stereocenters. The summed E-state index contributed by atoms with van der Waals surface area (Å²) >= 11 is 3.75. The van der Waals surface area contributed by atoms with Crippen molar-refractivity contribution in [3.05, 3.63) is 0 Å². The highest BCUT2D eigenvalue weighted by atomic mass is 32.1. The molecule has 64 valence electrons. The monoisotopic (exact) mass is 176 g/mol. The van der Waals surface area contributed by atoms with E-state index >= 15 is 0 Å². The Kier molecular flexibility index (Phi) is 5.64. The van der Waals surface area contributed by atoms with Gasteiger partial charge in [-0.1, -0.05) is 0 Å². The predicted molar refractivity (Wildman–Crippen MR) is 45.3 cm³/mol. The summed E-state index contributed by atoms with van der Waals surface area (Å²) in [5.41, 5.74) is 4.88. The summed E-state index contributed by atoms with van der Waals surface area (Å²) in [7, 11) is 0. The fourth-order valence-electron chi connectivity index (χ4n) is 0.546. The van der Waals surface area contributed by atoms with Crippen LogP contribution in [0.15, 0.2) is 0 Å². The Labute approximate surface area is 70.9 Å². The van der Waals surface area contributed by atoms with Gasteiger partial charge in [-0.15, -0.1) is 0 Å². The van der Waals surface area contributed by atoms with Crippen LogP contribution in [0.25, 0.3) is 0 Å². The van der Waals surface area contributed by atoms with Gasteiger partial charge in [-0.25, -0.2) is 0 Å². The van der Waals surface area contributed by atoms with Gasteiger partial charge in [-0.3, -0.25) is 9.59 Å². The van der Waals surface area contributed by atoms with Crippen LogP contribution < -0.4 is 11.1 Å². The van der Waals surface area contributed by atoms with E-state index in [-0.39, 0.29) is 17.6 Å². The molecule has 0 aromatic rings. The average molecular weight is 176 g/mol. The fourth-order valence-corrected chi connectivity index (χ4v) is 0.658. The van der Waals surface area contributed by atoms with Gasteiger partial charge >= 0.3 is 0 Å². The van der Waals surface area contributed by atoms with E-state index in [0.717, 1.165) is 0 Å². The number of hydrogen-bond donors (Lipinski definition) is 3. The predicted octanol–water partition coefficient (Wildman–Crippen LogP) is -0.702. The zero-order valence-corrected chi connectivity index (χ0v) is 7.06. The van der Waals surface area contributed by atoms with Crippen LogP contribution in [0.1, 0.15) is 12.8 Å². The Morgan fingerprint density at radius 2 is 2.09 bits per heavy atom. The first kappa shape index (κ1) is 10.3. The lowest BCUT2D eigenvalue weighted by atomic mass is 10.3. The Bertz CT molecular complexity index is 150. The number of carbonyl (C=O) groups excluding carboxylic acids is 2. The molecule has 0 rings (SSSR count). The van der Waals surface area contributed by atoms with Crippen molar-refractivity contribution in [3.8, 4) is 0 Å². The quantitative estimate of drug-likeness (QED) is 0.383. The minimum Gasteiger partial charge on any atom is -0.370 e. The molecule has 0 spiro atoms. The first-order chi connectivity index (χ1) is 5.16. The fraction of sp³-hybridized carbons (Fsp3) is 0.667. The lowest BCUT2D eigenvalue weighted by molar-refractivity contribution is -0.120. The van der Waals surface area contributed by atoms with Gasteiger partial charge in [0.1, 0.15) is 0 Å². The van der Waals surface area contributed by atoms with E-state index < -0.39 is 0 Å². The van der Waals surface area contributed by atoms with Crippen LogP contribution >= 0.6 is 12.6 Å². The lowest BCUT2D eigenvalue weighted by Gasteiger charge is -2.00. The van der Waals surface area contributed by atoms with Gasteiger partial charge in [0.05, 0.1) is 5.75 Å². The molecule has 0 saturated carbocycles. The summed E-state index contributed by atoms with van der Waals surface area (Å²) < 4.78 is 0. The number of hydrogen-bond acceptors (Lipinski definition) is 3. The molecule has 5 heteroatoms. The summed E-state index contributed by atoms with van der Waals surface area (Å²) in [6.45, 7) is 0.488. The SMILES string of the molecule is NC(=O)CCCNC(=O)CS. The number of thiol groups is 1. The van der Waals surface area contributed by atoms with Gasteiger partial charge in [0.2, 0.25) is 11.8 Å². The minimum atomic E-state index is -0.342. The first-order valence-corrected chi connectivity index (χ1v) is 3.96. The van der Waals surface area contributed by atoms with Gasteiger partial charge in [0.15, 0.2) is 0 Å². The molecule has 4 nitrogen and oxygen atoms in total. The molecular formula is C6H12N2O2S. The molecule has 0 aliphatic rings. The van der Waals surface area contributed by atoms with E-state index in [0.29, 0.717) is 19.4 Å². The molecule has 11 heavy (non-hydrogen) atoms. The van der Waals surface area contributed by atoms with Crippen molar-refractivity contribution >= 4 is 24.4 Å². The summed E-state index contributed by atoms with van der Waals surface area (Å²) in [5.74, 6) is -0.292. The van der Waals surface area contributed by atoms with Crippen molar-refractivity contribution in [3.63, 3.8) is 0 Å². The summed E-state index contributed by atoms with van der Waals surface area (Å²) in [6, 6.07) is 0. The van der Waals surface area contributed by atoms with Crippen molar-refractivity contribution in [2.75, 3.05) is 12.3 Å². The van der Waals surface area contributed by atoms with Gasteiger partial charge < -0.3 is 11.1 Å². The van der Waals surface area contributed by atoms with Gasteiger partial charge in [0.25, 0.3) is 0 Å². The average Bonchev–Trinajstić information content (AvgIpc) is 1.97. The third-order valence-electron chi connectivity index (χ3n) is 1.07. The zero-order chi connectivity index (χ0) is 8.69. The Balaban J connectivity index is 3.14. The van der Waals surface area contributed by atoms with Crippen molar-refractivity contribution in [1.29, 1.82) is 0 Å². The normalized spacial score (nSPS) is 9.18. The Morgan fingerprint density at radius 3 is 2.55 bits per heavy atom. The standard InChI is InChI=1S/C6H12N2O2S/c7-5(9)2-1-3-8-6(10)4-11/h11H,1-4H2,(H2,7,9)(H,8,10). The summed E-state index contributed by atoms with van der Waals surface area (Å²) in [4.78, 5) is 20.8. The lowest BCUT2D eigenvalue weighted by Crippen LogP contribution is -2.26. The molecule has 2 amide bonds. The van der Waals surface area contributed by atoms with Crippen LogP contribution in [0, 0.1) is 0 Å². The molecule has 0 bridgehead atoms. The van der Waals surface area contributed by atoms with Crippen molar-refractivity contribution in [2.24, 2.45) is 5.73 Å². The highest BCUT2D eigenvalue weighted by Crippen LogP contribution is 1.84. The number of carbonyl (C=O) groups is 2. The first-order valence-electron chi connectivity index (χ1n) is 3.32. The highest BCUT2D eigenvalue weighted by Gasteiger charge is 1.97. The number of primary amides is 1. The third-order valence-corrected chi connectivity index (χ3v) is 1.35. The topological polar surface area (TPSA) is 72.2 Å². The van der Waals surface area contributed by atoms with Crippen LogP contribution in [0.5, 0.6) is 0 Å². The Hall–Kier alpha value is -0.710. The maximum absolute atomic E-state index is 10.6. The van der Waals surface area contributed by atoms with E-state index in [2.05, 4.69) is 17.9 Å². The van der Waals surface area contributed by atoms with Crippen LogP contribution in [0.4, 0.5) is 0 Å². The van der Waals surface area contributed by atoms with Gasteiger partial charge in [-0.05, 0) is 6.42 Å². The minimum absolute atomic E-state index is 0.127. The number of nitrogens with one attached hydrogen (secondary N) is 1. The second-order valence-corrected chi connectivity index (χ2v) is 2.39. The number of rotatable bonds is 5. The molecule has 0 radical (unpaired) electrons. The molecule has 0 saturated heterocycles. The van der Waals surface area contributed by atoms with Crippen LogP contribution in [-0.4, -0.2) is 24.1 Å². The highest BCUT2D eigenvalue weighted by molar-refractivity contribution is 7.81. The van der Waals surface area contributed by atoms with Gasteiger partial charge in [0, 0.05) is 13.0 Å². The van der Waals surface area contributed by atoms with Crippen LogP contribution in [0.3, 0.4) is 0 Å². The van der Waals surface area contributed by atoms with Crippen LogP contribution in [0.2, 0.25) is 0 Å². The smallest absolute Gasteiger partial charge is 0.229 e. The second kappa shape index (κ2) is 6.03. The number of nitrogens with two attached hydrogens (primary N) is 1. The van der Waals surface area contributed by atoms with Crippen molar-refractivity contribution < 1.29 is 9.59 Å². The second-order valence-electron chi connectivity index (χ2n) is 2.08.